The maximum absolute atomic E-state index is 9.18. The molecule has 0 saturated carbocycles. The minimum Gasteiger partial charge on any atom is -0.464 e. The number of thiol groups is 1. The second-order valence-electron chi connectivity index (χ2n) is 0.417. The second kappa shape index (κ2) is 9.11. The minimum absolute atomic E-state index is 0. The zero-order valence-electron chi connectivity index (χ0n) is 3.72. The van der Waals surface area contributed by atoms with Crippen molar-refractivity contribution >= 4 is 18.9 Å². The lowest BCUT2D eigenvalue weighted by Crippen LogP contribution is -2.06. The van der Waals surface area contributed by atoms with E-state index < -0.39 is 6.09 Å². The summed E-state index contributed by atoms with van der Waals surface area (Å²) in [6, 6.07) is 0. The first-order chi connectivity index (χ1) is 2.27. The Morgan fingerprint density at radius 2 is 1.71 bits per heavy atom. The number of amides is 1. The molecular weight excluding hydrogens is 118 g/mol. The molecule has 0 radical (unpaired) electrons. The first-order valence-electron chi connectivity index (χ1n) is 0.901. The summed E-state index contributed by atoms with van der Waals surface area (Å²) in [4.78, 5) is 9.18. The average molecular weight is 127 g/mol. The van der Waals surface area contributed by atoms with Crippen molar-refractivity contribution in [3.8, 4) is 0 Å². The van der Waals surface area contributed by atoms with Gasteiger partial charge in [0.1, 0.15) is 0 Å². The van der Waals surface area contributed by atoms with Crippen molar-refractivity contribution < 1.29 is 9.90 Å². The smallest absolute Gasteiger partial charge is 0.414 e. The lowest BCUT2D eigenvalue weighted by molar-refractivity contribution is 0.202. The number of nitrogens with one attached hydrogen (secondary N) is 1. The first kappa shape index (κ1) is 16.0. The third-order valence-electron chi connectivity index (χ3n) is 0.0956. The molecule has 5 nitrogen and oxygen atoms in total. The maximum Gasteiger partial charge on any atom is 0.414 e. The molecule has 0 bridgehead atoms. The molecule has 6 heteroatoms. The molecule has 0 aromatic rings. The van der Waals surface area contributed by atoms with Crippen molar-refractivity contribution in [1.29, 1.82) is 0 Å². The molecule has 0 heterocycles. The normalized spacial score (nSPS) is 4.71. The average Bonchev–Trinajstić information content (AvgIpc) is 1.38. The molecule has 0 aromatic carbocycles. The summed E-state index contributed by atoms with van der Waals surface area (Å²) in [7, 11) is 0. The quantitative estimate of drug-likeness (QED) is 0.303. The van der Waals surface area contributed by atoms with E-state index in [1.807, 2.05) is 0 Å². The van der Waals surface area contributed by atoms with Crippen LogP contribution in [0.2, 0.25) is 0 Å². The summed E-state index contributed by atoms with van der Waals surface area (Å²) in [5.41, 5.74) is 0. The van der Waals surface area contributed by atoms with Gasteiger partial charge in [0.15, 0.2) is 0 Å². The van der Waals surface area contributed by atoms with E-state index in [9.17, 15) is 4.79 Å². The predicted octanol–water partition coefficient (Wildman–Crippen LogP) is 0.423. The van der Waals surface area contributed by atoms with Crippen LogP contribution in [-0.2, 0) is 0 Å². The van der Waals surface area contributed by atoms with E-state index in [0.717, 1.165) is 0 Å². The molecule has 0 unspecified atom stereocenters. The molecule has 0 aromatic heterocycles. The highest BCUT2D eigenvalue weighted by atomic mass is 32.1. The Hall–Kier alpha value is -0.460. The van der Waals surface area contributed by atoms with Gasteiger partial charge in [-0.05, 0) is 0 Å². The third-order valence-corrected chi connectivity index (χ3v) is 0.287. The van der Waals surface area contributed by atoms with Gasteiger partial charge in [0.25, 0.3) is 0 Å². The summed E-state index contributed by atoms with van der Waals surface area (Å²) in [6.07, 6.45) is -1.13. The van der Waals surface area contributed by atoms with Crippen LogP contribution >= 0.6 is 12.8 Å². The number of hydrogen-bond acceptors (Lipinski definition) is 4. The van der Waals surface area contributed by atoms with Crippen LogP contribution in [-0.4, -0.2) is 11.2 Å². The van der Waals surface area contributed by atoms with Crippen LogP contribution < -0.4 is 17.0 Å². The van der Waals surface area contributed by atoms with Crippen molar-refractivity contribution in [2.45, 2.75) is 0 Å². The summed E-state index contributed by atoms with van der Waals surface area (Å²) in [5.74, 6) is 0. The van der Waals surface area contributed by atoms with Crippen LogP contribution in [0.1, 0.15) is 0 Å². The molecule has 0 saturated heterocycles. The molecular formula is CH9N3O2S. The fourth-order valence-corrected chi connectivity index (χ4v) is 0. The Kier molecular flexibility index (Phi) is 20.9. The van der Waals surface area contributed by atoms with Gasteiger partial charge in [-0.25, -0.2) is 4.79 Å². The Morgan fingerprint density at radius 1 is 1.57 bits per heavy atom. The van der Waals surface area contributed by atoms with Gasteiger partial charge in [0, 0.05) is 0 Å². The number of carboxylic acid groups (broad SMARTS) is 1. The largest absolute Gasteiger partial charge is 0.464 e. The fraction of sp³-hybridized carbons (Fsp3) is 0. The van der Waals surface area contributed by atoms with Crippen molar-refractivity contribution in [1.82, 2.24) is 17.0 Å². The lowest BCUT2D eigenvalue weighted by atomic mass is 11.3. The number of rotatable bonds is 0. The summed E-state index contributed by atoms with van der Waals surface area (Å²) in [6.45, 7) is 0. The summed E-state index contributed by atoms with van der Waals surface area (Å²) in [5, 5.41) is 7.53. The highest BCUT2D eigenvalue weighted by molar-refractivity contribution is 7.78. The minimum atomic E-state index is -1.13. The van der Waals surface area contributed by atoms with Crippen LogP contribution in [0.4, 0.5) is 4.79 Å². The van der Waals surface area contributed by atoms with Crippen LogP contribution in [0, 0.1) is 0 Å². The molecule has 0 aliphatic heterocycles. The highest BCUT2D eigenvalue weighted by Gasteiger charge is 1.78. The van der Waals surface area contributed by atoms with Gasteiger partial charge >= 0.3 is 6.09 Å². The van der Waals surface area contributed by atoms with Crippen molar-refractivity contribution in [3.05, 3.63) is 0 Å². The zero-order valence-corrected chi connectivity index (χ0v) is 4.61. The Balaban J connectivity index is -0.0000000800. The van der Waals surface area contributed by atoms with E-state index >= 15 is 0 Å². The van der Waals surface area contributed by atoms with Gasteiger partial charge in [-0.15, -0.1) is 0 Å². The number of hydrogen-bond donors (Lipinski definition) is 5. The monoisotopic (exact) mass is 127 g/mol. The third kappa shape index (κ3) is 29.3. The van der Waals surface area contributed by atoms with E-state index in [0.29, 0.717) is 0 Å². The van der Waals surface area contributed by atoms with Crippen molar-refractivity contribution in [2.24, 2.45) is 0 Å². The molecule has 8 N–H and O–H groups in total. The summed E-state index contributed by atoms with van der Waals surface area (Å²) < 4.78 is 1.64. The van der Waals surface area contributed by atoms with Crippen molar-refractivity contribution in [3.63, 3.8) is 0 Å². The molecule has 1 amide bonds. The Labute approximate surface area is 46.8 Å². The van der Waals surface area contributed by atoms with Crippen LogP contribution in [0.25, 0.3) is 0 Å². The van der Waals surface area contributed by atoms with E-state index in [-0.39, 0.29) is 12.3 Å². The standard InChI is InChI=1S/CH3NO2S.2H3N/c3-1(4)2-5;;/h2,5H,(H,3,4);2*1H3. The van der Waals surface area contributed by atoms with Crippen LogP contribution in [0.5, 0.6) is 0 Å². The molecule has 0 aliphatic rings. The van der Waals surface area contributed by atoms with E-state index in [4.69, 9.17) is 5.11 Å². The SMILES string of the molecule is N.N.O=C(O)NS. The molecule has 0 atom stereocenters. The van der Waals surface area contributed by atoms with Gasteiger partial charge in [0.05, 0.1) is 0 Å². The summed E-state index contributed by atoms with van der Waals surface area (Å²) >= 11 is 3.17. The molecule has 0 rings (SSSR count). The lowest BCUT2D eigenvalue weighted by Gasteiger charge is -1.77. The second-order valence-corrected chi connectivity index (χ2v) is 0.641. The van der Waals surface area contributed by atoms with Gasteiger partial charge in [-0.1, -0.05) is 12.8 Å². The molecule has 0 fully saturated rings. The molecule has 46 valence electrons. The topological polar surface area (TPSA) is 119 Å². The van der Waals surface area contributed by atoms with Gasteiger partial charge in [-0.2, -0.15) is 0 Å². The highest BCUT2D eigenvalue weighted by Crippen LogP contribution is 1.57. The van der Waals surface area contributed by atoms with Gasteiger partial charge in [0.2, 0.25) is 0 Å². The van der Waals surface area contributed by atoms with Crippen molar-refractivity contribution in [2.75, 3.05) is 0 Å². The zero-order chi connectivity index (χ0) is 4.28. The molecule has 7 heavy (non-hydrogen) atoms. The van der Waals surface area contributed by atoms with E-state index in [1.165, 1.54) is 0 Å². The Morgan fingerprint density at radius 3 is 1.71 bits per heavy atom. The molecule has 0 spiro atoms. The van der Waals surface area contributed by atoms with Gasteiger partial charge < -0.3 is 17.4 Å². The number of carbonyl (C=O) groups is 1. The first-order valence-corrected chi connectivity index (χ1v) is 1.35. The van der Waals surface area contributed by atoms with Crippen LogP contribution in [0.3, 0.4) is 0 Å². The molecule has 0 aliphatic carbocycles. The van der Waals surface area contributed by atoms with Gasteiger partial charge in [-0.3, -0.25) is 4.72 Å². The van der Waals surface area contributed by atoms with E-state index in [1.54, 1.807) is 4.72 Å². The fourth-order valence-electron chi connectivity index (χ4n) is 0. The Bertz CT molecular complexity index is 48.2. The van der Waals surface area contributed by atoms with E-state index in [2.05, 4.69) is 12.8 Å². The maximum atomic E-state index is 9.18. The predicted molar refractivity (Wildman–Crippen MR) is 30.2 cm³/mol. The van der Waals surface area contributed by atoms with Crippen LogP contribution in [0.15, 0.2) is 0 Å².